The number of rotatable bonds is 5. The van der Waals surface area contributed by atoms with Gasteiger partial charge in [0.05, 0.1) is 0 Å². The van der Waals surface area contributed by atoms with Crippen molar-refractivity contribution in [1.29, 1.82) is 0 Å². The van der Waals surface area contributed by atoms with E-state index in [1.807, 2.05) is 6.92 Å². The van der Waals surface area contributed by atoms with Gasteiger partial charge in [-0.1, -0.05) is 29.3 Å². The average Bonchev–Trinajstić information content (AvgIpc) is 2.65. The maximum absolute atomic E-state index is 12.2. The molecule has 1 heterocycles. The Bertz CT molecular complexity index is 997. The lowest BCUT2D eigenvalue weighted by Crippen LogP contribution is -2.30. The summed E-state index contributed by atoms with van der Waals surface area (Å²) in [7, 11) is 0. The second-order valence-electron chi connectivity index (χ2n) is 5.54. The Labute approximate surface area is 165 Å². The summed E-state index contributed by atoms with van der Waals surface area (Å²) in [4.78, 5) is 20.2. The number of aromatic nitrogens is 2. The van der Waals surface area contributed by atoms with Crippen LogP contribution < -0.4 is 21.3 Å². The van der Waals surface area contributed by atoms with Crippen molar-refractivity contribution in [2.75, 3.05) is 11.2 Å². The minimum atomic E-state index is -0.397. The summed E-state index contributed by atoms with van der Waals surface area (Å²) in [6, 6.07) is 11.7. The van der Waals surface area contributed by atoms with Gasteiger partial charge in [-0.25, -0.2) is 4.98 Å². The highest BCUT2D eigenvalue weighted by molar-refractivity contribution is 6.31. The molecule has 27 heavy (non-hydrogen) atoms. The number of hydrogen-bond donors (Lipinski definition) is 3. The van der Waals surface area contributed by atoms with Crippen LogP contribution in [0.4, 0.5) is 11.5 Å². The number of carbonyl (C=O) groups excluding carboxylic acids is 1. The molecule has 2 aromatic carbocycles. The van der Waals surface area contributed by atoms with E-state index >= 15 is 0 Å². The summed E-state index contributed by atoms with van der Waals surface area (Å²) in [5.41, 5.74) is 12.6. The van der Waals surface area contributed by atoms with Crippen molar-refractivity contribution < 1.29 is 9.53 Å². The predicted molar refractivity (Wildman–Crippen MR) is 105 cm³/mol. The Morgan fingerprint density at radius 1 is 1.15 bits per heavy atom. The number of anilines is 2. The molecule has 3 rings (SSSR count). The molecule has 0 spiro atoms. The van der Waals surface area contributed by atoms with Gasteiger partial charge in [0.2, 0.25) is 5.88 Å². The molecule has 4 N–H and O–H groups in total. The number of ether oxygens (including phenoxy) is 1. The minimum Gasteiger partial charge on any atom is -0.437 e. The lowest BCUT2D eigenvalue weighted by molar-refractivity contribution is 0.0962. The van der Waals surface area contributed by atoms with E-state index in [2.05, 4.69) is 20.8 Å². The van der Waals surface area contributed by atoms with Crippen LogP contribution in [-0.2, 0) is 0 Å². The number of nitrogen functional groups attached to an aromatic ring is 1. The van der Waals surface area contributed by atoms with Crippen LogP contribution in [0.5, 0.6) is 11.6 Å². The van der Waals surface area contributed by atoms with Gasteiger partial charge in [-0.05, 0) is 48.9 Å². The van der Waals surface area contributed by atoms with Crippen molar-refractivity contribution in [3.8, 4) is 11.6 Å². The van der Waals surface area contributed by atoms with Crippen molar-refractivity contribution in [3.63, 3.8) is 0 Å². The molecule has 0 bridgehead atoms. The maximum Gasteiger partial charge on any atom is 0.269 e. The van der Waals surface area contributed by atoms with Gasteiger partial charge in [0.1, 0.15) is 17.8 Å². The van der Waals surface area contributed by atoms with E-state index in [0.29, 0.717) is 21.4 Å². The van der Waals surface area contributed by atoms with E-state index in [9.17, 15) is 4.79 Å². The minimum absolute atomic E-state index is 0.136. The number of nitrogens with two attached hydrogens (primary N) is 1. The van der Waals surface area contributed by atoms with E-state index in [1.165, 1.54) is 6.33 Å². The van der Waals surface area contributed by atoms with Crippen LogP contribution in [0, 0.1) is 6.92 Å². The van der Waals surface area contributed by atoms with Gasteiger partial charge in [0.25, 0.3) is 5.91 Å². The molecule has 0 aliphatic carbocycles. The number of nitrogens with zero attached hydrogens (tertiary/aromatic N) is 2. The fourth-order valence-corrected chi connectivity index (χ4v) is 2.48. The summed E-state index contributed by atoms with van der Waals surface area (Å²) in [5, 5.41) is 1.09. The molecular formula is C18H15Cl2N5O2. The second kappa shape index (κ2) is 8.11. The Kier molecular flexibility index (Phi) is 5.63. The van der Waals surface area contributed by atoms with Crippen molar-refractivity contribution in [1.82, 2.24) is 15.4 Å². The smallest absolute Gasteiger partial charge is 0.269 e. The highest BCUT2D eigenvalue weighted by atomic mass is 35.5. The molecule has 0 radical (unpaired) electrons. The largest absolute Gasteiger partial charge is 0.437 e. The SMILES string of the molecule is Cc1cc(Oc2ncnc(NNC(=O)c3cccc(Cl)c3)c2N)ccc1Cl. The van der Waals surface area contributed by atoms with E-state index in [1.54, 1.807) is 42.5 Å². The fraction of sp³-hybridized carbons (Fsp3) is 0.0556. The molecule has 0 atom stereocenters. The first-order chi connectivity index (χ1) is 12.9. The number of hydrazine groups is 1. The van der Waals surface area contributed by atoms with Crippen LogP contribution in [0.1, 0.15) is 15.9 Å². The van der Waals surface area contributed by atoms with Crippen molar-refractivity contribution in [2.24, 2.45) is 0 Å². The molecule has 0 aliphatic heterocycles. The van der Waals surface area contributed by atoms with E-state index in [0.717, 1.165) is 5.56 Å². The monoisotopic (exact) mass is 403 g/mol. The molecule has 0 unspecified atom stereocenters. The number of aryl methyl sites for hydroxylation is 1. The van der Waals surface area contributed by atoms with Gasteiger partial charge in [-0.3, -0.25) is 15.6 Å². The third-order valence-corrected chi connectivity index (χ3v) is 4.23. The van der Waals surface area contributed by atoms with Crippen molar-refractivity contribution >= 4 is 40.6 Å². The zero-order chi connectivity index (χ0) is 19.4. The van der Waals surface area contributed by atoms with Crippen molar-refractivity contribution in [2.45, 2.75) is 6.92 Å². The molecule has 9 heteroatoms. The molecule has 3 aromatic rings. The number of carbonyl (C=O) groups is 1. The number of nitrogens with one attached hydrogen (secondary N) is 2. The van der Waals surface area contributed by atoms with Gasteiger partial charge in [0.15, 0.2) is 5.82 Å². The number of amides is 1. The third-order valence-electron chi connectivity index (χ3n) is 3.57. The van der Waals surface area contributed by atoms with Gasteiger partial charge in [0, 0.05) is 15.6 Å². The van der Waals surface area contributed by atoms with Crippen LogP contribution in [0.15, 0.2) is 48.8 Å². The lowest BCUT2D eigenvalue weighted by atomic mass is 10.2. The Balaban J connectivity index is 1.72. The van der Waals surface area contributed by atoms with Crippen LogP contribution in [0.2, 0.25) is 10.0 Å². The summed E-state index contributed by atoms with van der Waals surface area (Å²) in [5.74, 6) is 0.467. The normalized spacial score (nSPS) is 10.3. The van der Waals surface area contributed by atoms with Gasteiger partial charge >= 0.3 is 0 Å². The fourth-order valence-electron chi connectivity index (χ4n) is 2.17. The molecule has 7 nitrogen and oxygen atoms in total. The van der Waals surface area contributed by atoms with Gasteiger partial charge < -0.3 is 10.5 Å². The van der Waals surface area contributed by atoms with Crippen LogP contribution in [-0.4, -0.2) is 15.9 Å². The van der Waals surface area contributed by atoms with E-state index in [-0.39, 0.29) is 17.4 Å². The van der Waals surface area contributed by atoms with Crippen LogP contribution in [0.3, 0.4) is 0 Å². The molecule has 0 fully saturated rings. The van der Waals surface area contributed by atoms with Gasteiger partial charge in [-0.15, -0.1) is 0 Å². The number of benzene rings is 2. The highest BCUT2D eigenvalue weighted by Crippen LogP contribution is 2.30. The Hall–Kier alpha value is -3.03. The summed E-state index contributed by atoms with van der Waals surface area (Å²) >= 11 is 11.9. The quantitative estimate of drug-likeness (QED) is 0.551. The molecule has 0 saturated heterocycles. The molecule has 1 amide bonds. The first-order valence-corrected chi connectivity index (χ1v) is 8.56. The van der Waals surface area contributed by atoms with E-state index in [4.69, 9.17) is 33.7 Å². The average molecular weight is 404 g/mol. The number of halogens is 2. The third kappa shape index (κ3) is 4.58. The Morgan fingerprint density at radius 2 is 1.96 bits per heavy atom. The lowest BCUT2D eigenvalue weighted by Gasteiger charge is -2.13. The topological polar surface area (TPSA) is 102 Å². The van der Waals surface area contributed by atoms with Crippen molar-refractivity contribution in [3.05, 3.63) is 70.0 Å². The second-order valence-corrected chi connectivity index (χ2v) is 6.39. The predicted octanol–water partition coefficient (Wildman–Crippen LogP) is 4.22. The Morgan fingerprint density at radius 3 is 2.70 bits per heavy atom. The maximum atomic E-state index is 12.2. The van der Waals surface area contributed by atoms with Gasteiger partial charge in [-0.2, -0.15) is 4.98 Å². The molecule has 0 saturated carbocycles. The zero-order valence-corrected chi connectivity index (χ0v) is 15.7. The first kappa shape index (κ1) is 18.8. The summed E-state index contributed by atoms with van der Waals surface area (Å²) in [6.07, 6.45) is 1.27. The molecular weight excluding hydrogens is 389 g/mol. The first-order valence-electron chi connectivity index (χ1n) is 7.80. The summed E-state index contributed by atoms with van der Waals surface area (Å²) in [6.45, 7) is 1.86. The molecule has 1 aromatic heterocycles. The summed E-state index contributed by atoms with van der Waals surface area (Å²) < 4.78 is 5.69. The van der Waals surface area contributed by atoms with Crippen LogP contribution >= 0.6 is 23.2 Å². The molecule has 0 aliphatic rings. The highest BCUT2D eigenvalue weighted by Gasteiger charge is 2.12. The zero-order valence-electron chi connectivity index (χ0n) is 14.2. The molecule has 138 valence electrons. The number of hydrogen-bond acceptors (Lipinski definition) is 6. The van der Waals surface area contributed by atoms with E-state index < -0.39 is 5.91 Å². The standard InChI is InChI=1S/C18H15Cl2N5O2/c1-10-7-13(5-6-14(10)20)27-18-15(21)16(22-9-23-18)24-25-17(26)11-3-2-4-12(19)8-11/h2-9H,21H2,1H3,(H,25,26)(H,22,23,24). The van der Waals surface area contributed by atoms with Crippen LogP contribution in [0.25, 0.3) is 0 Å².